The van der Waals surface area contributed by atoms with Gasteiger partial charge in [-0.3, -0.25) is 4.90 Å². The number of nitrogens with two attached hydrogens (primary N) is 1. The number of benzene rings is 2. The number of halogens is 1. The first-order valence-corrected chi connectivity index (χ1v) is 8.63. The molecule has 3 aromatic rings. The first-order valence-electron chi connectivity index (χ1n) is 8.25. The molecule has 24 heavy (non-hydrogen) atoms. The average molecular weight is 341 g/mol. The first-order chi connectivity index (χ1) is 11.6. The Hall–Kier alpha value is -1.88. The molecule has 4 nitrogen and oxygen atoms in total. The standard InChI is InChI=1S/C19H21ClN4/c1-23-18-9-14(20)7-8-17(18)22-19(23)12-24-10-15(16(21)11-24)13-5-3-2-4-6-13/h2-9,15-16H,10-12,21H2,1H3/t15-,16+/m0/s1. The van der Waals surface area contributed by atoms with Crippen LogP contribution >= 0.6 is 11.6 Å². The highest BCUT2D eigenvalue weighted by atomic mass is 35.5. The molecule has 4 rings (SSSR count). The van der Waals surface area contributed by atoms with Crippen molar-refractivity contribution in [3.8, 4) is 0 Å². The van der Waals surface area contributed by atoms with Crippen LogP contribution in [-0.2, 0) is 13.6 Å². The monoisotopic (exact) mass is 340 g/mol. The molecule has 1 aliphatic heterocycles. The fraction of sp³-hybridized carbons (Fsp3) is 0.316. The van der Waals surface area contributed by atoms with E-state index in [4.69, 9.17) is 22.3 Å². The van der Waals surface area contributed by atoms with Gasteiger partial charge in [0.15, 0.2) is 0 Å². The first kappa shape index (κ1) is 15.6. The Morgan fingerprint density at radius 3 is 2.75 bits per heavy atom. The van der Waals surface area contributed by atoms with Gasteiger partial charge in [-0.15, -0.1) is 0 Å². The Morgan fingerprint density at radius 2 is 1.96 bits per heavy atom. The molecule has 1 fully saturated rings. The third kappa shape index (κ3) is 2.81. The van der Waals surface area contributed by atoms with Gasteiger partial charge in [0.05, 0.1) is 17.6 Å². The lowest BCUT2D eigenvalue weighted by Gasteiger charge is -2.16. The molecule has 2 aromatic carbocycles. The summed E-state index contributed by atoms with van der Waals surface area (Å²) in [5, 5.41) is 0.740. The van der Waals surface area contributed by atoms with Crippen LogP contribution < -0.4 is 5.73 Å². The van der Waals surface area contributed by atoms with Crippen LogP contribution in [0.4, 0.5) is 0 Å². The molecule has 5 heteroatoms. The molecule has 0 amide bonds. The van der Waals surface area contributed by atoms with Crippen molar-refractivity contribution in [3.05, 3.63) is 64.9 Å². The number of fused-ring (bicyclic) bond motifs is 1. The summed E-state index contributed by atoms with van der Waals surface area (Å²) in [5.74, 6) is 1.43. The van der Waals surface area contributed by atoms with Crippen molar-refractivity contribution < 1.29 is 0 Å². The van der Waals surface area contributed by atoms with Crippen molar-refractivity contribution in [1.82, 2.24) is 14.5 Å². The second-order valence-electron chi connectivity index (χ2n) is 6.60. The Bertz CT molecular complexity index is 858. The van der Waals surface area contributed by atoms with E-state index in [1.165, 1.54) is 5.56 Å². The lowest BCUT2D eigenvalue weighted by Crippen LogP contribution is -2.29. The summed E-state index contributed by atoms with van der Waals surface area (Å²) in [6.45, 7) is 2.67. The zero-order chi connectivity index (χ0) is 16.7. The zero-order valence-corrected chi connectivity index (χ0v) is 14.4. The van der Waals surface area contributed by atoms with E-state index in [2.05, 4.69) is 33.7 Å². The van der Waals surface area contributed by atoms with Gasteiger partial charge in [0.25, 0.3) is 0 Å². The molecule has 1 saturated heterocycles. The fourth-order valence-electron chi connectivity index (χ4n) is 3.65. The van der Waals surface area contributed by atoms with Gasteiger partial charge >= 0.3 is 0 Å². The molecular formula is C19H21ClN4. The van der Waals surface area contributed by atoms with Crippen molar-refractivity contribution in [1.29, 1.82) is 0 Å². The molecule has 2 atom stereocenters. The predicted molar refractivity (Wildman–Crippen MR) is 98.2 cm³/mol. The molecule has 1 aliphatic rings. The van der Waals surface area contributed by atoms with E-state index in [0.717, 1.165) is 41.5 Å². The smallest absolute Gasteiger partial charge is 0.123 e. The Morgan fingerprint density at radius 1 is 1.17 bits per heavy atom. The van der Waals surface area contributed by atoms with Gasteiger partial charge in [-0.25, -0.2) is 4.98 Å². The number of aromatic nitrogens is 2. The summed E-state index contributed by atoms with van der Waals surface area (Å²) in [7, 11) is 2.05. The van der Waals surface area contributed by atoms with Gasteiger partial charge in [-0.1, -0.05) is 41.9 Å². The molecule has 2 heterocycles. The van der Waals surface area contributed by atoms with Crippen molar-refractivity contribution in [3.63, 3.8) is 0 Å². The molecular weight excluding hydrogens is 320 g/mol. The van der Waals surface area contributed by atoms with E-state index < -0.39 is 0 Å². The number of aryl methyl sites for hydroxylation is 1. The summed E-state index contributed by atoms with van der Waals surface area (Å²) in [4.78, 5) is 7.16. The van der Waals surface area contributed by atoms with Gasteiger partial charge in [0.2, 0.25) is 0 Å². The topological polar surface area (TPSA) is 47.1 Å². The normalized spacial score (nSPS) is 21.6. The van der Waals surface area contributed by atoms with Crippen LogP contribution in [0.3, 0.4) is 0 Å². The van der Waals surface area contributed by atoms with Crippen molar-refractivity contribution in [2.45, 2.75) is 18.5 Å². The van der Waals surface area contributed by atoms with E-state index in [-0.39, 0.29) is 6.04 Å². The van der Waals surface area contributed by atoms with E-state index in [0.29, 0.717) is 5.92 Å². The molecule has 124 valence electrons. The Labute approximate surface area is 146 Å². The van der Waals surface area contributed by atoms with Crippen molar-refractivity contribution >= 4 is 22.6 Å². The minimum atomic E-state index is 0.163. The molecule has 0 saturated carbocycles. The highest BCUT2D eigenvalue weighted by Gasteiger charge is 2.31. The maximum absolute atomic E-state index is 6.40. The lowest BCUT2D eigenvalue weighted by molar-refractivity contribution is 0.312. The maximum Gasteiger partial charge on any atom is 0.123 e. The largest absolute Gasteiger partial charge is 0.330 e. The third-order valence-electron chi connectivity index (χ3n) is 4.97. The second-order valence-corrected chi connectivity index (χ2v) is 7.03. The van der Waals surface area contributed by atoms with E-state index in [1.54, 1.807) is 0 Å². The average Bonchev–Trinajstić information content (AvgIpc) is 3.10. The highest BCUT2D eigenvalue weighted by Crippen LogP contribution is 2.28. The Balaban J connectivity index is 1.55. The third-order valence-corrected chi connectivity index (χ3v) is 5.20. The summed E-state index contributed by atoms with van der Waals surface area (Å²) in [6.07, 6.45) is 0. The second kappa shape index (κ2) is 6.20. The van der Waals surface area contributed by atoms with Gasteiger partial charge in [0, 0.05) is 37.1 Å². The van der Waals surface area contributed by atoms with E-state index in [9.17, 15) is 0 Å². The van der Waals surface area contributed by atoms with Crippen LogP contribution in [0, 0.1) is 0 Å². The van der Waals surface area contributed by atoms with Crippen molar-refractivity contribution in [2.75, 3.05) is 13.1 Å². The van der Waals surface area contributed by atoms with Crippen LogP contribution in [0.25, 0.3) is 11.0 Å². The van der Waals surface area contributed by atoms with Gasteiger partial charge < -0.3 is 10.3 Å². The fourth-order valence-corrected chi connectivity index (χ4v) is 3.82. The molecule has 2 N–H and O–H groups in total. The van der Waals surface area contributed by atoms with E-state index >= 15 is 0 Å². The molecule has 0 aliphatic carbocycles. The zero-order valence-electron chi connectivity index (χ0n) is 13.7. The molecule has 0 spiro atoms. The summed E-state index contributed by atoms with van der Waals surface area (Å²) < 4.78 is 2.13. The Kier molecular flexibility index (Phi) is 4.04. The number of imidazole rings is 1. The lowest BCUT2D eigenvalue weighted by atomic mass is 9.95. The number of rotatable bonds is 3. The van der Waals surface area contributed by atoms with Gasteiger partial charge in [-0.05, 0) is 23.8 Å². The van der Waals surface area contributed by atoms with Crippen LogP contribution in [0.15, 0.2) is 48.5 Å². The number of hydrogen-bond acceptors (Lipinski definition) is 3. The number of hydrogen-bond donors (Lipinski definition) is 1. The molecule has 0 unspecified atom stereocenters. The molecule has 0 radical (unpaired) electrons. The summed E-state index contributed by atoms with van der Waals surface area (Å²) in [5.41, 5.74) is 9.78. The predicted octanol–water partition coefficient (Wildman–Crippen LogP) is 3.15. The van der Waals surface area contributed by atoms with Gasteiger partial charge in [0.1, 0.15) is 5.82 Å². The maximum atomic E-state index is 6.40. The van der Waals surface area contributed by atoms with Crippen molar-refractivity contribution in [2.24, 2.45) is 12.8 Å². The van der Waals surface area contributed by atoms with Crippen LogP contribution in [-0.4, -0.2) is 33.6 Å². The molecule has 0 bridgehead atoms. The number of nitrogens with zero attached hydrogens (tertiary/aromatic N) is 3. The van der Waals surface area contributed by atoms with Gasteiger partial charge in [-0.2, -0.15) is 0 Å². The quantitative estimate of drug-likeness (QED) is 0.796. The highest BCUT2D eigenvalue weighted by molar-refractivity contribution is 6.31. The summed E-state index contributed by atoms with van der Waals surface area (Å²) >= 11 is 6.11. The minimum Gasteiger partial charge on any atom is -0.330 e. The molecule has 1 aromatic heterocycles. The number of likely N-dealkylation sites (tertiary alicyclic amines) is 1. The van der Waals surface area contributed by atoms with Crippen LogP contribution in [0.2, 0.25) is 5.02 Å². The van der Waals surface area contributed by atoms with Crippen LogP contribution in [0.5, 0.6) is 0 Å². The summed E-state index contributed by atoms with van der Waals surface area (Å²) in [6, 6.07) is 16.6. The SMILES string of the molecule is Cn1c(CN2C[C@@H](N)[C@H](c3ccccc3)C2)nc2ccc(Cl)cc21. The van der Waals surface area contributed by atoms with E-state index in [1.807, 2.05) is 31.3 Å². The van der Waals surface area contributed by atoms with Crippen LogP contribution in [0.1, 0.15) is 17.3 Å². The minimum absolute atomic E-state index is 0.163.